The van der Waals surface area contributed by atoms with E-state index in [-0.39, 0.29) is 41.3 Å². The molecule has 1 aromatic heterocycles. The van der Waals surface area contributed by atoms with Gasteiger partial charge in [-0.2, -0.15) is 0 Å². The van der Waals surface area contributed by atoms with Gasteiger partial charge < -0.3 is 19.9 Å². The SMILES string of the molecule is C=CCn1c(CNC(=O)c2ccc(Cl)cc2Cl)nnc1SCC(=O)Nc1cccc(C(=O)OCC)c1. The van der Waals surface area contributed by atoms with E-state index in [1.807, 2.05) is 0 Å². The van der Waals surface area contributed by atoms with Crippen LogP contribution in [0.15, 0.2) is 60.3 Å². The van der Waals surface area contributed by atoms with Gasteiger partial charge in [0.25, 0.3) is 5.91 Å². The van der Waals surface area contributed by atoms with Gasteiger partial charge in [0.05, 0.1) is 35.1 Å². The van der Waals surface area contributed by atoms with Crippen molar-refractivity contribution in [2.45, 2.75) is 25.2 Å². The smallest absolute Gasteiger partial charge is 0.338 e. The average Bonchev–Trinajstić information content (AvgIpc) is 3.23. The Balaban J connectivity index is 1.61. The molecule has 0 radical (unpaired) electrons. The fourth-order valence-corrected chi connectivity index (χ4v) is 4.32. The van der Waals surface area contributed by atoms with Crippen LogP contribution in [0.2, 0.25) is 10.0 Å². The number of rotatable bonds is 11. The number of hydrogen-bond donors (Lipinski definition) is 2. The van der Waals surface area contributed by atoms with Crippen molar-refractivity contribution >= 4 is 58.4 Å². The number of thioether (sulfide) groups is 1. The molecule has 0 saturated carbocycles. The van der Waals surface area contributed by atoms with E-state index in [1.165, 1.54) is 23.9 Å². The monoisotopic (exact) mass is 547 g/mol. The third-order valence-electron chi connectivity index (χ3n) is 4.68. The van der Waals surface area contributed by atoms with Crippen LogP contribution in [0.4, 0.5) is 5.69 Å². The zero-order valence-corrected chi connectivity index (χ0v) is 21.6. The van der Waals surface area contributed by atoms with E-state index in [1.54, 1.807) is 47.9 Å². The molecule has 0 fully saturated rings. The van der Waals surface area contributed by atoms with Gasteiger partial charge in [0.15, 0.2) is 11.0 Å². The lowest BCUT2D eigenvalue weighted by molar-refractivity contribution is -0.113. The Kier molecular flexibility index (Phi) is 9.92. The van der Waals surface area contributed by atoms with E-state index >= 15 is 0 Å². The number of halogens is 2. The van der Waals surface area contributed by atoms with E-state index in [4.69, 9.17) is 27.9 Å². The Morgan fingerprint density at radius 1 is 1.17 bits per heavy atom. The van der Waals surface area contributed by atoms with Gasteiger partial charge in [0.1, 0.15) is 0 Å². The molecule has 36 heavy (non-hydrogen) atoms. The Hall–Kier alpha value is -3.34. The fourth-order valence-electron chi connectivity index (χ4n) is 3.06. The minimum absolute atomic E-state index is 0.0473. The molecule has 0 atom stereocenters. The number of ether oxygens (including phenoxy) is 1. The molecule has 1 heterocycles. The van der Waals surface area contributed by atoms with Gasteiger partial charge in [0.2, 0.25) is 5.91 Å². The first-order valence-corrected chi connectivity index (χ1v) is 12.5. The number of amides is 2. The van der Waals surface area contributed by atoms with Crippen LogP contribution in [0.3, 0.4) is 0 Å². The molecule has 2 N–H and O–H groups in total. The second kappa shape index (κ2) is 13.1. The van der Waals surface area contributed by atoms with Crippen LogP contribution >= 0.6 is 35.0 Å². The maximum absolute atomic E-state index is 12.5. The first-order chi connectivity index (χ1) is 17.3. The zero-order chi connectivity index (χ0) is 26.1. The number of allylic oxidation sites excluding steroid dienone is 1. The lowest BCUT2D eigenvalue weighted by Gasteiger charge is -2.10. The lowest BCUT2D eigenvalue weighted by atomic mass is 10.2. The van der Waals surface area contributed by atoms with Crippen molar-refractivity contribution in [1.29, 1.82) is 0 Å². The Labute approximate surface area is 222 Å². The molecular formula is C24H23Cl2N5O4S. The highest BCUT2D eigenvalue weighted by Gasteiger charge is 2.16. The van der Waals surface area contributed by atoms with Crippen molar-refractivity contribution in [3.05, 3.63) is 82.1 Å². The highest BCUT2D eigenvalue weighted by atomic mass is 35.5. The number of esters is 1. The summed E-state index contributed by atoms with van der Waals surface area (Å²) in [5.41, 5.74) is 1.11. The van der Waals surface area contributed by atoms with Crippen molar-refractivity contribution in [3.8, 4) is 0 Å². The van der Waals surface area contributed by atoms with E-state index in [0.717, 1.165) is 0 Å². The van der Waals surface area contributed by atoms with Crippen LogP contribution in [0, 0.1) is 0 Å². The number of benzene rings is 2. The zero-order valence-electron chi connectivity index (χ0n) is 19.3. The summed E-state index contributed by atoms with van der Waals surface area (Å²) in [7, 11) is 0. The van der Waals surface area contributed by atoms with Gasteiger partial charge in [-0.3, -0.25) is 9.59 Å². The summed E-state index contributed by atoms with van der Waals surface area (Å²) >= 11 is 13.2. The van der Waals surface area contributed by atoms with Crippen LogP contribution in [0.25, 0.3) is 0 Å². The lowest BCUT2D eigenvalue weighted by Crippen LogP contribution is -2.25. The van der Waals surface area contributed by atoms with Gasteiger partial charge in [0, 0.05) is 17.3 Å². The molecule has 0 bridgehead atoms. The summed E-state index contributed by atoms with van der Waals surface area (Å²) in [6.07, 6.45) is 1.66. The molecule has 0 aliphatic heterocycles. The summed E-state index contributed by atoms with van der Waals surface area (Å²) in [6.45, 7) is 6.20. The van der Waals surface area contributed by atoms with Crippen LogP contribution in [0.1, 0.15) is 33.5 Å². The van der Waals surface area contributed by atoms with Gasteiger partial charge in [-0.15, -0.1) is 16.8 Å². The van der Waals surface area contributed by atoms with E-state index in [9.17, 15) is 14.4 Å². The number of carbonyl (C=O) groups is 3. The second-order valence-electron chi connectivity index (χ2n) is 7.24. The molecule has 0 saturated heterocycles. The third kappa shape index (κ3) is 7.33. The van der Waals surface area contributed by atoms with E-state index in [0.29, 0.717) is 33.8 Å². The van der Waals surface area contributed by atoms with Gasteiger partial charge >= 0.3 is 5.97 Å². The topological polar surface area (TPSA) is 115 Å². The van der Waals surface area contributed by atoms with Crippen molar-refractivity contribution in [1.82, 2.24) is 20.1 Å². The minimum Gasteiger partial charge on any atom is -0.462 e. The molecular weight excluding hydrogens is 525 g/mol. The molecule has 3 rings (SSSR count). The standard InChI is InChI=1S/C24H23Cl2N5O4S/c1-3-10-31-20(13-27-22(33)18-9-8-16(25)12-19(18)26)29-30-24(31)36-14-21(32)28-17-7-5-6-15(11-17)23(34)35-4-2/h3,5-9,11-12H,1,4,10,13-14H2,2H3,(H,27,33)(H,28,32). The summed E-state index contributed by atoms with van der Waals surface area (Å²) in [5.74, 6) is -0.604. The van der Waals surface area contributed by atoms with E-state index in [2.05, 4.69) is 27.4 Å². The fraction of sp³-hybridized carbons (Fsp3) is 0.208. The van der Waals surface area contributed by atoms with Gasteiger partial charge in [-0.25, -0.2) is 4.79 Å². The van der Waals surface area contributed by atoms with Crippen LogP contribution in [-0.4, -0.2) is 44.9 Å². The first-order valence-electron chi connectivity index (χ1n) is 10.8. The third-order valence-corrected chi connectivity index (χ3v) is 6.19. The minimum atomic E-state index is -0.460. The number of carbonyl (C=O) groups excluding carboxylic acids is 3. The number of nitrogens with zero attached hydrogens (tertiary/aromatic N) is 3. The molecule has 3 aromatic rings. The molecule has 188 valence electrons. The van der Waals surface area contributed by atoms with Crippen molar-refractivity contribution in [3.63, 3.8) is 0 Å². The Morgan fingerprint density at radius 2 is 1.97 bits per heavy atom. The number of hydrogen-bond acceptors (Lipinski definition) is 7. The molecule has 2 amide bonds. The summed E-state index contributed by atoms with van der Waals surface area (Å²) in [5, 5.41) is 14.9. The largest absolute Gasteiger partial charge is 0.462 e. The van der Waals surface area contributed by atoms with Crippen molar-refractivity contribution in [2.75, 3.05) is 17.7 Å². The predicted molar refractivity (Wildman–Crippen MR) is 140 cm³/mol. The van der Waals surface area contributed by atoms with Crippen LogP contribution in [-0.2, 0) is 22.6 Å². The molecule has 0 aliphatic rings. The number of aromatic nitrogens is 3. The van der Waals surface area contributed by atoms with Gasteiger partial charge in [-0.05, 0) is 43.3 Å². The number of nitrogens with one attached hydrogen (secondary N) is 2. The quantitative estimate of drug-likeness (QED) is 0.204. The molecule has 2 aromatic carbocycles. The normalized spacial score (nSPS) is 10.5. The molecule has 0 spiro atoms. The first kappa shape index (κ1) is 27.3. The Morgan fingerprint density at radius 3 is 2.69 bits per heavy atom. The molecule has 0 aliphatic carbocycles. The highest BCUT2D eigenvalue weighted by molar-refractivity contribution is 7.99. The van der Waals surface area contributed by atoms with E-state index < -0.39 is 5.97 Å². The van der Waals surface area contributed by atoms with Crippen LogP contribution in [0.5, 0.6) is 0 Å². The van der Waals surface area contributed by atoms with Crippen LogP contribution < -0.4 is 10.6 Å². The van der Waals surface area contributed by atoms with Crippen molar-refractivity contribution < 1.29 is 19.1 Å². The molecule has 12 heteroatoms. The Bertz CT molecular complexity index is 1280. The highest BCUT2D eigenvalue weighted by Crippen LogP contribution is 2.22. The summed E-state index contributed by atoms with van der Waals surface area (Å²) in [6, 6.07) is 11.1. The predicted octanol–water partition coefficient (Wildman–Crippen LogP) is 4.61. The molecule has 9 nitrogen and oxygen atoms in total. The second-order valence-corrected chi connectivity index (χ2v) is 9.03. The molecule has 0 unspecified atom stereocenters. The van der Waals surface area contributed by atoms with Crippen molar-refractivity contribution in [2.24, 2.45) is 0 Å². The summed E-state index contributed by atoms with van der Waals surface area (Å²) in [4.78, 5) is 36.9. The maximum Gasteiger partial charge on any atom is 0.338 e. The number of anilines is 1. The maximum atomic E-state index is 12.5. The van der Waals surface area contributed by atoms with Gasteiger partial charge in [-0.1, -0.05) is 47.1 Å². The summed E-state index contributed by atoms with van der Waals surface area (Å²) < 4.78 is 6.73. The average molecular weight is 548 g/mol.